The van der Waals surface area contributed by atoms with E-state index in [0.29, 0.717) is 11.6 Å². The summed E-state index contributed by atoms with van der Waals surface area (Å²) in [5, 5.41) is 0.318. The van der Waals surface area contributed by atoms with Crippen LogP contribution in [0.5, 0.6) is 0 Å². The molecule has 5 heteroatoms. The fourth-order valence-corrected chi connectivity index (χ4v) is 5.34. The molecule has 0 spiro atoms. The van der Waals surface area contributed by atoms with Crippen molar-refractivity contribution in [2.75, 3.05) is 31.7 Å². The molecule has 1 saturated heterocycles. The quantitative estimate of drug-likeness (QED) is 0.536. The molecule has 1 saturated carbocycles. The van der Waals surface area contributed by atoms with E-state index in [2.05, 4.69) is 55.9 Å². The third-order valence-electron chi connectivity index (χ3n) is 7.32. The number of ether oxygens (including phenoxy) is 1. The Balaban J connectivity index is 1.38. The number of aromatic nitrogens is 1. The molecule has 1 aromatic rings. The Morgan fingerprint density at radius 2 is 1.89 bits per heavy atom. The van der Waals surface area contributed by atoms with Crippen LogP contribution in [0.15, 0.2) is 18.3 Å². The first-order chi connectivity index (χ1) is 13.2. The maximum atomic E-state index is 6.40. The lowest BCUT2D eigenvalue weighted by Crippen LogP contribution is -2.41. The summed E-state index contributed by atoms with van der Waals surface area (Å²) < 4.78 is 11.6. The van der Waals surface area contributed by atoms with Crippen molar-refractivity contribution in [1.29, 1.82) is 0 Å². The first-order valence-electron chi connectivity index (χ1n) is 11.0. The van der Waals surface area contributed by atoms with Gasteiger partial charge in [0.1, 0.15) is 5.82 Å². The molecule has 28 heavy (non-hydrogen) atoms. The molecule has 0 radical (unpaired) electrons. The van der Waals surface area contributed by atoms with E-state index in [1.807, 2.05) is 6.20 Å². The van der Waals surface area contributed by atoms with Crippen LogP contribution in [0.1, 0.15) is 52.0 Å². The average Bonchev–Trinajstić information content (AvgIpc) is 3.41. The molecule has 2 fully saturated rings. The summed E-state index contributed by atoms with van der Waals surface area (Å²) in [6.07, 6.45) is 7.26. The van der Waals surface area contributed by atoms with Crippen LogP contribution in [0.2, 0.25) is 18.1 Å². The van der Waals surface area contributed by atoms with Crippen molar-refractivity contribution >= 4 is 14.1 Å². The number of pyridine rings is 1. The maximum absolute atomic E-state index is 6.40. The Hall–Kier alpha value is -0.913. The van der Waals surface area contributed by atoms with Gasteiger partial charge in [-0.25, -0.2) is 4.98 Å². The van der Waals surface area contributed by atoms with Crippen LogP contribution in [0.25, 0.3) is 0 Å². The first kappa shape index (κ1) is 21.8. The van der Waals surface area contributed by atoms with Crippen LogP contribution in [0, 0.1) is 17.8 Å². The third-order valence-corrected chi connectivity index (χ3v) is 11.9. The Bertz CT molecular complexity index is 618. The number of hydrogen-bond donors (Lipinski definition) is 0. The predicted octanol–water partition coefficient (Wildman–Crippen LogP) is 5.49. The van der Waals surface area contributed by atoms with Gasteiger partial charge in [-0.05, 0) is 73.2 Å². The van der Waals surface area contributed by atoms with Crippen molar-refractivity contribution in [1.82, 2.24) is 4.98 Å². The summed E-state index contributed by atoms with van der Waals surface area (Å²) in [7, 11) is 0.142. The molecular formula is C23H40N2O2Si. The normalized spacial score (nSPS) is 23.9. The molecule has 3 rings (SSSR count). The molecule has 1 aromatic heterocycles. The SMILES string of the molecule is COCc1ccc(N2CCC([C@H]3C[C@H]3CCO[Si](C)(C)C(C)(C)C)CC2)nc1. The summed E-state index contributed by atoms with van der Waals surface area (Å²) in [6, 6.07) is 4.28. The van der Waals surface area contributed by atoms with E-state index in [9.17, 15) is 0 Å². The lowest BCUT2D eigenvalue weighted by atomic mass is 9.90. The Kier molecular flexibility index (Phi) is 6.88. The highest BCUT2D eigenvalue weighted by Gasteiger charge is 2.44. The van der Waals surface area contributed by atoms with Crippen molar-refractivity contribution in [3.05, 3.63) is 23.9 Å². The van der Waals surface area contributed by atoms with E-state index >= 15 is 0 Å². The van der Waals surface area contributed by atoms with Gasteiger partial charge >= 0.3 is 0 Å². The summed E-state index contributed by atoms with van der Waals surface area (Å²) in [5.41, 5.74) is 1.14. The zero-order valence-corrected chi connectivity index (χ0v) is 19.8. The number of hydrogen-bond acceptors (Lipinski definition) is 4. The van der Waals surface area contributed by atoms with Crippen LogP contribution >= 0.6 is 0 Å². The lowest BCUT2D eigenvalue weighted by Gasteiger charge is -2.36. The average molecular weight is 405 g/mol. The molecule has 0 unspecified atom stereocenters. The molecule has 0 N–H and O–H groups in total. The molecule has 158 valence electrons. The van der Waals surface area contributed by atoms with Gasteiger partial charge in [0.05, 0.1) is 6.61 Å². The minimum absolute atomic E-state index is 0.318. The monoisotopic (exact) mass is 404 g/mol. The van der Waals surface area contributed by atoms with E-state index in [1.54, 1.807) is 7.11 Å². The molecule has 2 atom stereocenters. The number of methoxy groups -OCH3 is 1. The smallest absolute Gasteiger partial charge is 0.191 e. The van der Waals surface area contributed by atoms with Crippen LogP contribution in [-0.2, 0) is 15.8 Å². The molecule has 0 aromatic carbocycles. The van der Waals surface area contributed by atoms with Crippen LogP contribution in [0.3, 0.4) is 0 Å². The second-order valence-electron chi connectivity index (χ2n) is 10.3. The molecular weight excluding hydrogens is 364 g/mol. The highest BCUT2D eigenvalue weighted by molar-refractivity contribution is 6.74. The van der Waals surface area contributed by atoms with Crippen molar-refractivity contribution < 1.29 is 9.16 Å². The number of anilines is 1. The van der Waals surface area contributed by atoms with Crippen LogP contribution < -0.4 is 4.90 Å². The van der Waals surface area contributed by atoms with Gasteiger partial charge in [-0.3, -0.25) is 0 Å². The Morgan fingerprint density at radius 3 is 2.46 bits per heavy atom. The standard InChI is InChI=1S/C23H40N2O2Si/c1-23(2,3)28(5,6)27-14-11-20-15-21(20)19-9-12-25(13-10-19)22-8-7-18(16-24-22)17-26-4/h7-8,16,19-21H,9-15,17H2,1-6H3/t20-,21-/m1/s1. The fourth-order valence-electron chi connectivity index (χ4n) is 4.27. The van der Waals surface area contributed by atoms with E-state index < -0.39 is 8.32 Å². The van der Waals surface area contributed by atoms with Crippen LogP contribution in [-0.4, -0.2) is 40.1 Å². The van der Waals surface area contributed by atoms with Gasteiger partial charge in [-0.1, -0.05) is 26.8 Å². The second-order valence-corrected chi connectivity index (χ2v) is 15.1. The van der Waals surface area contributed by atoms with Gasteiger partial charge in [0.15, 0.2) is 8.32 Å². The molecule has 2 aliphatic rings. The van der Waals surface area contributed by atoms with E-state index in [-0.39, 0.29) is 0 Å². The largest absolute Gasteiger partial charge is 0.417 e. The third kappa shape index (κ3) is 5.36. The highest BCUT2D eigenvalue weighted by atomic mass is 28.4. The minimum atomic E-state index is -1.58. The van der Waals surface area contributed by atoms with Gasteiger partial charge in [0.25, 0.3) is 0 Å². The number of rotatable bonds is 8. The van der Waals surface area contributed by atoms with Gasteiger partial charge in [0, 0.05) is 33.0 Å². The zero-order valence-electron chi connectivity index (χ0n) is 18.8. The highest BCUT2D eigenvalue weighted by Crippen LogP contribution is 2.50. The Labute approximate surface area is 173 Å². The Morgan fingerprint density at radius 1 is 1.18 bits per heavy atom. The van der Waals surface area contributed by atoms with Gasteiger partial charge in [-0.15, -0.1) is 0 Å². The van der Waals surface area contributed by atoms with Gasteiger partial charge in [-0.2, -0.15) is 0 Å². The molecule has 4 nitrogen and oxygen atoms in total. The van der Waals surface area contributed by atoms with Crippen molar-refractivity contribution in [3.63, 3.8) is 0 Å². The number of nitrogens with zero attached hydrogens (tertiary/aromatic N) is 2. The lowest BCUT2D eigenvalue weighted by molar-refractivity contribution is 0.184. The van der Waals surface area contributed by atoms with Crippen molar-refractivity contribution in [2.24, 2.45) is 17.8 Å². The topological polar surface area (TPSA) is 34.6 Å². The molecule has 2 heterocycles. The van der Waals surface area contributed by atoms with Gasteiger partial charge in [0.2, 0.25) is 0 Å². The van der Waals surface area contributed by atoms with Crippen LogP contribution in [0.4, 0.5) is 5.82 Å². The second kappa shape index (κ2) is 8.84. The first-order valence-corrected chi connectivity index (χ1v) is 13.9. The van der Waals surface area contributed by atoms with Crippen molar-refractivity contribution in [3.8, 4) is 0 Å². The molecule has 0 amide bonds. The molecule has 0 bridgehead atoms. The van der Waals surface area contributed by atoms with E-state index in [0.717, 1.165) is 48.8 Å². The van der Waals surface area contributed by atoms with Crippen molar-refractivity contribution in [2.45, 2.75) is 71.2 Å². The summed E-state index contributed by atoms with van der Waals surface area (Å²) in [6.45, 7) is 15.6. The summed E-state index contributed by atoms with van der Waals surface area (Å²) in [5.74, 6) is 3.88. The van der Waals surface area contributed by atoms with Gasteiger partial charge < -0.3 is 14.1 Å². The molecule has 1 aliphatic carbocycles. The summed E-state index contributed by atoms with van der Waals surface area (Å²) >= 11 is 0. The van der Waals surface area contributed by atoms with E-state index in [4.69, 9.17) is 9.16 Å². The maximum Gasteiger partial charge on any atom is 0.191 e. The zero-order chi connectivity index (χ0) is 20.4. The molecule has 1 aliphatic heterocycles. The fraction of sp³-hybridized carbons (Fsp3) is 0.783. The minimum Gasteiger partial charge on any atom is -0.417 e. The predicted molar refractivity (Wildman–Crippen MR) is 119 cm³/mol. The number of piperidine rings is 1. The summed E-state index contributed by atoms with van der Waals surface area (Å²) in [4.78, 5) is 7.09. The van der Waals surface area contributed by atoms with E-state index in [1.165, 1.54) is 25.7 Å².